The van der Waals surface area contributed by atoms with Gasteiger partial charge in [-0.2, -0.15) is 5.10 Å². The minimum atomic E-state index is 0.552. The largest absolute Gasteiger partial charge is 0.491 e. The number of aromatic nitrogens is 3. The van der Waals surface area contributed by atoms with Crippen LogP contribution in [0.5, 0.6) is 5.75 Å². The number of hydrogen-bond donors (Lipinski definition) is 0. The molecule has 2 aromatic rings. The van der Waals surface area contributed by atoms with Crippen LogP contribution in [0.3, 0.4) is 0 Å². The number of hydrogen-bond acceptors (Lipinski definition) is 4. The molecule has 0 amide bonds. The van der Waals surface area contributed by atoms with E-state index in [1.54, 1.807) is 11.8 Å². The Labute approximate surface area is 106 Å². The Morgan fingerprint density at radius 1 is 1.17 bits per heavy atom. The summed E-state index contributed by atoms with van der Waals surface area (Å²) in [4.78, 5) is 4.38. The fourth-order valence-corrected chi connectivity index (χ4v) is 1.53. The van der Waals surface area contributed by atoms with Crippen molar-refractivity contribution in [2.75, 3.05) is 20.3 Å². The average Bonchev–Trinajstić information content (AvgIpc) is 2.71. The highest BCUT2D eigenvalue weighted by molar-refractivity contribution is 5.55. The van der Waals surface area contributed by atoms with Gasteiger partial charge in [0.05, 0.1) is 6.61 Å². The summed E-state index contributed by atoms with van der Waals surface area (Å²) < 4.78 is 12.2. The van der Waals surface area contributed by atoms with Crippen molar-refractivity contribution >= 4 is 0 Å². The molecule has 0 aliphatic rings. The maximum atomic E-state index is 5.50. The van der Waals surface area contributed by atoms with E-state index in [2.05, 4.69) is 10.1 Å². The van der Waals surface area contributed by atoms with Crippen LogP contribution in [0, 0.1) is 6.92 Å². The first-order chi connectivity index (χ1) is 8.70. The van der Waals surface area contributed by atoms with Crippen molar-refractivity contribution in [3.8, 4) is 17.1 Å². The Hall–Kier alpha value is -1.88. The summed E-state index contributed by atoms with van der Waals surface area (Å²) in [6.07, 6.45) is 0. The van der Waals surface area contributed by atoms with E-state index in [9.17, 15) is 0 Å². The van der Waals surface area contributed by atoms with E-state index in [1.807, 2.05) is 38.2 Å². The van der Waals surface area contributed by atoms with Gasteiger partial charge in [0.1, 0.15) is 18.2 Å². The predicted octanol–water partition coefficient (Wildman–Crippen LogP) is 1.82. The van der Waals surface area contributed by atoms with Crippen molar-refractivity contribution in [2.24, 2.45) is 7.05 Å². The molecule has 0 bridgehead atoms. The molecule has 0 aliphatic carbocycles. The fourth-order valence-electron chi connectivity index (χ4n) is 1.53. The molecular weight excluding hydrogens is 230 g/mol. The van der Waals surface area contributed by atoms with E-state index in [0.29, 0.717) is 13.2 Å². The van der Waals surface area contributed by atoms with Crippen molar-refractivity contribution in [1.82, 2.24) is 14.8 Å². The second-order valence-corrected chi connectivity index (χ2v) is 3.97. The van der Waals surface area contributed by atoms with Crippen molar-refractivity contribution in [1.29, 1.82) is 0 Å². The molecule has 0 radical (unpaired) electrons. The summed E-state index contributed by atoms with van der Waals surface area (Å²) >= 11 is 0. The van der Waals surface area contributed by atoms with Crippen LogP contribution in [-0.2, 0) is 11.8 Å². The summed E-state index contributed by atoms with van der Waals surface area (Å²) in [7, 11) is 3.54. The highest BCUT2D eigenvalue weighted by Gasteiger charge is 2.05. The molecule has 0 saturated carbocycles. The minimum Gasteiger partial charge on any atom is -0.491 e. The molecule has 18 heavy (non-hydrogen) atoms. The summed E-state index contributed by atoms with van der Waals surface area (Å²) in [5, 5.41) is 4.33. The Kier molecular flexibility index (Phi) is 3.94. The molecule has 96 valence electrons. The maximum Gasteiger partial charge on any atom is 0.181 e. The van der Waals surface area contributed by atoms with Crippen LogP contribution in [-0.4, -0.2) is 35.1 Å². The van der Waals surface area contributed by atoms with Gasteiger partial charge in [-0.15, -0.1) is 0 Å². The standard InChI is InChI=1S/C13H17N3O2/c1-10-14-13(15-16(10)2)11-4-6-12(7-5-11)18-9-8-17-3/h4-7H,8-9H2,1-3H3. The van der Waals surface area contributed by atoms with Gasteiger partial charge in [-0.25, -0.2) is 4.98 Å². The second kappa shape index (κ2) is 5.64. The van der Waals surface area contributed by atoms with Crippen molar-refractivity contribution in [3.63, 3.8) is 0 Å². The third kappa shape index (κ3) is 2.87. The van der Waals surface area contributed by atoms with E-state index in [0.717, 1.165) is 23.0 Å². The molecule has 1 aromatic carbocycles. The highest BCUT2D eigenvalue weighted by Crippen LogP contribution is 2.19. The van der Waals surface area contributed by atoms with E-state index < -0.39 is 0 Å². The Bertz CT molecular complexity index is 486. The van der Waals surface area contributed by atoms with Gasteiger partial charge in [-0.05, 0) is 31.2 Å². The lowest BCUT2D eigenvalue weighted by Gasteiger charge is -2.05. The van der Waals surface area contributed by atoms with Gasteiger partial charge in [-0.3, -0.25) is 4.68 Å². The third-order valence-electron chi connectivity index (χ3n) is 2.65. The molecule has 0 unspecified atom stereocenters. The SMILES string of the molecule is COCCOc1ccc(-c2nc(C)n(C)n2)cc1. The highest BCUT2D eigenvalue weighted by atomic mass is 16.5. The first-order valence-electron chi connectivity index (χ1n) is 5.80. The van der Waals surface area contributed by atoms with Crippen molar-refractivity contribution in [3.05, 3.63) is 30.1 Å². The summed E-state index contributed by atoms with van der Waals surface area (Å²) in [5.74, 6) is 2.45. The van der Waals surface area contributed by atoms with Crippen LogP contribution in [0.15, 0.2) is 24.3 Å². The van der Waals surface area contributed by atoms with E-state index in [1.165, 1.54) is 0 Å². The molecule has 0 aliphatic heterocycles. The summed E-state index contributed by atoms with van der Waals surface area (Å²) in [6.45, 7) is 3.07. The van der Waals surface area contributed by atoms with E-state index in [4.69, 9.17) is 9.47 Å². The second-order valence-electron chi connectivity index (χ2n) is 3.97. The van der Waals surface area contributed by atoms with Gasteiger partial charge in [0.25, 0.3) is 0 Å². The van der Waals surface area contributed by atoms with Gasteiger partial charge in [0.15, 0.2) is 5.82 Å². The Morgan fingerprint density at radius 2 is 1.89 bits per heavy atom. The van der Waals surface area contributed by atoms with Gasteiger partial charge < -0.3 is 9.47 Å². The number of methoxy groups -OCH3 is 1. The van der Waals surface area contributed by atoms with Gasteiger partial charge in [0.2, 0.25) is 0 Å². The monoisotopic (exact) mass is 247 g/mol. The molecule has 0 spiro atoms. The minimum absolute atomic E-state index is 0.552. The molecule has 5 nitrogen and oxygen atoms in total. The first-order valence-corrected chi connectivity index (χ1v) is 5.80. The van der Waals surface area contributed by atoms with Gasteiger partial charge in [0, 0.05) is 19.7 Å². The molecule has 0 saturated heterocycles. The van der Waals surface area contributed by atoms with Crippen LogP contribution in [0.4, 0.5) is 0 Å². The molecular formula is C13H17N3O2. The van der Waals surface area contributed by atoms with Crippen molar-refractivity contribution in [2.45, 2.75) is 6.92 Å². The number of nitrogens with zero attached hydrogens (tertiary/aromatic N) is 3. The van der Waals surface area contributed by atoms with E-state index >= 15 is 0 Å². The first kappa shape index (κ1) is 12.6. The topological polar surface area (TPSA) is 49.2 Å². The molecule has 0 N–H and O–H groups in total. The molecule has 2 rings (SSSR count). The third-order valence-corrected chi connectivity index (χ3v) is 2.65. The summed E-state index contributed by atoms with van der Waals surface area (Å²) in [5.41, 5.74) is 0.984. The lowest BCUT2D eigenvalue weighted by atomic mass is 10.2. The lowest BCUT2D eigenvalue weighted by Crippen LogP contribution is -2.03. The quantitative estimate of drug-likeness (QED) is 0.756. The Balaban J connectivity index is 2.07. The molecule has 1 aromatic heterocycles. The number of benzene rings is 1. The lowest BCUT2D eigenvalue weighted by molar-refractivity contribution is 0.146. The average molecular weight is 247 g/mol. The number of ether oxygens (including phenoxy) is 2. The van der Waals surface area contributed by atoms with Crippen LogP contribution in [0.1, 0.15) is 5.82 Å². The molecule has 0 atom stereocenters. The number of rotatable bonds is 5. The van der Waals surface area contributed by atoms with Crippen LogP contribution in [0.2, 0.25) is 0 Å². The van der Waals surface area contributed by atoms with Crippen molar-refractivity contribution < 1.29 is 9.47 Å². The molecule has 1 heterocycles. The van der Waals surface area contributed by atoms with Gasteiger partial charge in [-0.1, -0.05) is 0 Å². The predicted molar refractivity (Wildman–Crippen MR) is 68.5 cm³/mol. The van der Waals surface area contributed by atoms with Crippen LogP contribution < -0.4 is 4.74 Å². The maximum absolute atomic E-state index is 5.50. The smallest absolute Gasteiger partial charge is 0.181 e. The summed E-state index contributed by atoms with van der Waals surface area (Å²) in [6, 6.07) is 7.74. The zero-order valence-electron chi connectivity index (χ0n) is 10.9. The van der Waals surface area contributed by atoms with Crippen LogP contribution >= 0.6 is 0 Å². The zero-order valence-corrected chi connectivity index (χ0v) is 10.9. The molecule has 0 fully saturated rings. The fraction of sp³-hybridized carbons (Fsp3) is 0.385. The number of aryl methyl sites for hydroxylation is 2. The zero-order chi connectivity index (χ0) is 13.0. The van der Waals surface area contributed by atoms with E-state index in [-0.39, 0.29) is 0 Å². The Morgan fingerprint density at radius 3 is 2.44 bits per heavy atom. The normalized spacial score (nSPS) is 10.6. The molecule has 5 heteroatoms. The van der Waals surface area contributed by atoms with Gasteiger partial charge >= 0.3 is 0 Å². The van der Waals surface area contributed by atoms with Crippen LogP contribution in [0.25, 0.3) is 11.4 Å².